The van der Waals surface area contributed by atoms with Crippen LogP contribution in [0.25, 0.3) is 11.5 Å². The van der Waals surface area contributed by atoms with Gasteiger partial charge in [-0.15, -0.1) is 10.2 Å². The SMILES string of the molecule is CC(C)C1NCCn2c(-c3cn[nH]n3)nnc21. The van der Waals surface area contributed by atoms with Crippen molar-refractivity contribution in [2.45, 2.75) is 26.4 Å². The lowest BCUT2D eigenvalue weighted by Gasteiger charge is -2.27. The highest BCUT2D eigenvalue weighted by Gasteiger charge is 2.27. The zero-order valence-electron chi connectivity index (χ0n) is 9.88. The molecule has 2 N–H and O–H groups in total. The maximum absolute atomic E-state index is 4.28. The van der Waals surface area contributed by atoms with Crippen molar-refractivity contribution >= 4 is 0 Å². The van der Waals surface area contributed by atoms with Crippen LogP contribution in [0, 0.1) is 5.92 Å². The first-order chi connectivity index (χ1) is 8.27. The maximum Gasteiger partial charge on any atom is 0.186 e. The van der Waals surface area contributed by atoms with Crippen molar-refractivity contribution in [1.29, 1.82) is 0 Å². The third kappa shape index (κ3) is 1.62. The molecule has 3 rings (SSSR count). The number of hydrogen-bond acceptors (Lipinski definition) is 5. The van der Waals surface area contributed by atoms with E-state index in [0.717, 1.165) is 30.4 Å². The molecule has 1 aliphatic rings. The van der Waals surface area contributed by atoms with E-state index in [2.05, 4.69) is 49.3 Å². The fourth-order valence-corrected chi connectivity index (χ4v) is 2.22. The van der Waals surface area contributed by atoms with Crippen LogP contribution in [0.15, 0.2) is 6.20 Å². The standard InChI is InChI=1S/C10H15N7/c1-6(2)8-10-15-14-9(7-5-12-16-13-7)17(10)4-3-11-8/h5-6,8,11H,3-4H2,1-2H3,(H,12,13,16). The third-order valence-electron chi connectivity index (χ3n) is 3.07. The summed E-state index contributed by atoms with van der Waals surface area (Å²) < 4.78 is 2.12. The summed E-state index contributed by atoms with van der Waals surface area (Å²) in [5, 5.41) is 22.4. The van der Waals surface area contributed by atoms with Gasteiger partial charge >= 0.3 is 0 Å². The van der Waals surface area contributed by atoms with Crippen LogP contribution in [0.3, 0.4) is 0 Å². The van der Waals surface area contributed by atoms with E-state index in [0.29, 0.717) is 5.92 Å². The minimum atomic E-state index is 0.261. The van der Waals surface area contributed by atoms with Gasteiger partial charge < -0.3 is 9.88 Å². The zero-order chi connectivity index (χ0) is 11.8. The molecule has 0 bridgehead atoms. The molecule has 1 aliphatic heterocycles. The van der Waals surface area contributed by atoms with Gasteiger partial charge in [0.2, 0.25) is 0 Å². The van der Waals surface area contributed by atoms with Crippen LogP contribution in [0.4, 0.5) is 0 Å². The molecule has 0 spiro atoms. The van der Waals surface area contributed by atoms with Crippen LogP contribution in [0.2, 0.25) is 0 Å². The highest BCUT2D eigenvalue weighted by Crippen LogP contribution is 2.26. The van der Waals surface area contributed by atoms with Crippen LogP contribution < -0.4 is 5.32 Å². The minimum Gasteiger partial charge on any atom is -0.307 e. The van der Waals surface area contributed by atoms with E-state index in [1.807, 2.05) is 0 Å². The number of rotatable bonds is 2. The van der Waals surface area contributed by atoms with Crippen molar-refractivity contribution in [3.05, 3.63) is 12.0 Å². The van der Waals surface area contributed by atoms with Crippen LogP contribution >= 0.6 is 0 Å². The summed E-state index contributed by atoms with van der Waals surface area (Å²) in [6, 6.07) is 0.261. The summed E-state index contributed by atoms with van der Waals surface area (Å²) in [5.74, 6) is 2.27. The number of nitrogens with one attached hydrogen (secondary N) is 2. The van der Waals surface area contributed by atoms with E-state index in [9.17, 15) is 0 Å². The first kappa shape index (κ1) is 10.4. The Bertz CT molecular complexity index is 499. The van der Waals surface area contributed by atoms with Gasteiger partial charge in [0.05, 0.1) is 12.2 Å². The summed E-state index contributed by atoms with van der Waals surface area (Å²) in [5.41, 5.74) is 0.744. The molecule has 2 aromatic rings. The molecule has 0 amide bonds. The van der Waals surface area contributed by atoms with Gasteiger partial charge in [0.1, 0.15) is 5.69 Å². The van der Waals surface area contributed by atoms with Gasteiger partial charge in [-0.05, 0) is 5.92 Å². The molecule has 90 valence electrons. The van der Waals surface area contributed by atoms with Crippen molar-refractivity contribution in [3.63, 3.8) is 0 Å². The Morgan fingerprint density at radius 1 is 1.41 bits per heavy atom. The average molecular weight is 233 g/mol. The predicted octanol–water partition coefficient (Wildman–Crippen LogP) is 0.363. The van der Waals surface area contributed by atoms with Crippen molar-refractivity contribution in [3.8, 4) is 11.5 Å². The fraction of sp³-hybridized carbons (Fsp3) is 0.600. The van der Waals surface area contributed by atoms with Gasteiger partial charge in [-0.2, -0.15) is 15.4 Å². The molecule has 1 atom stereocenters. The molecule has 0 aliphatic carbocycles. The van der Waals surface area contributed by atoms with Gasteiger partial charge in [-0.1, -0.05) is 13.8 Å². The van der Waals surface area contributed by atoms with Crippen molar-refractivity contribution < 1.29 is 0 Å². The van der Waals surface area contributed by atoms with Crippen molar-refractivity contribution in [2.24, 2.45) is 5.92 Å². The highest BCUT2D eigenvalue weighted by molar-refractivity contribution is 5.47. The van der Waals surface area contributed by atoms with Crippen LogP contribution in [-0.4, -0.2) is 36.7 Å². The Balaban J connectivity index is 2.05. The Kier molecular flexibility index (Phi) is 2.40. The predicted molar refractivity (Wildman–Crippen MR) is 61.0 cm³/mol. The molecule has 2 aromatic heterocycles. The van der Waals surface area contributed by atoms with E-state index in [4.69, 9.17) is 0 Å². The Labute approximate surface area is 98.6 Å². The second-order valence-corrected chi connectivity index (χ2v) is 4.56. The Morgan fingerprint density at radius 2 is 2.29 bits per heavy atom. The van der Waals surface area contributed by atoms with Crippen LogP contribution in [0.5, 0.6) is 0 Å². The first-order valence-corrected chi connectivity index (χ1v) is 5.80. The lowest BCUT2D eigenvalue weighted by molar-refractivity contribution is 0.339. The van der Waals surface area contributed by atoms with E-state index < -0.39 is 0 Å². The monoisotopic (exact) mass is 233 g/mol. The summed E-state index contributed by atoms with van der Waals surface area (Å²) in [7, 11) is 0. The topological polar surface area (TPSA) is 84.3 Å². The second kappa shape index (κ2) is 3.92. The van der Waals surface area contributed by atoms with E-state index in [1.165, 1.54) is 0 Å². The largest absolute Gasteiger partial charge is 0.307 e. The summed E-state index contributed by atoms with van der Waals surface area (Å²) in [6.45, 7) is 6.15. The van der Waals surface area contributed by atoms with E-state index >= 15 is 0 Å². The van der Waals surface area contributed by atoms with Gasteiger partial charge in [0.15, 0.2) is 11.6 Å². The van der Waals surface area contributed by atoms with Crippen molar-refractivity contribution in [2.75, 3.05) is 6.54 Å². The molecule has 7 heteroatoms. The van der Waals surface area contributed by atoms with Crippen LogP contribution in [0.1, 0.15) is 25.7 Å². The molecule has 0 radical (unpaired) electrons. The molecule has 0 saturated heterocycles. The van der Waals surface area contributed by atoms with Gasteiger partial charge in [0.25, 0.3) is 0 Å². The average Bonchev–Trinajstić information content (AvgIpc) is 2.96. The summed E-state index contributed by atoms with van der Waals surface area (Å²) in [6.07, 6.45) is 1.67. The first-order valence-electron chi connectivity index (χ1n) is 5.80. The molecule has 0 fully saturated rings. The zero-order valence-corrected chi connectivity index (χ0v) is 9.88. The number of H-pyrrole nitrogens is 1. The Morgan fingerprint density at radius 3 is 3.00 bits per heavy atom. The molecule has 17 heavy (non-hydrogen) atoms. The lowest BCUT2D eigenvalue weighted by Crippen LogP contribution is -2.36. The highest BCUT2D eigenvalue weighted by atomic mass is 15.4. The third-order valence-corrected chi connectivity index (χ3v) is 3.07. The molecule has 0 aromatic carbocycles. The molecular formula is C10H15N7. The molecule has 0 saturated carbocycles. The number of aromatic nitrogens is 6. The summed E-state index contributed by atoms with van der Waals surface area (Å²) in [4.78, 5) is 0. The quantitative estimate of drug-likeness (QED) is 0.782. The molecular weight excluding hydrogens is 218 g/mol. The van der Waals surface area contributed by atoms with Crippen molar-refractivity contribution in [1.82, 2.24) is 35.5 Å². The number of fused-ring (bicyclic) bond motifs is 1. The van der Waals surface area contributed by atoms with E-state index in [1.54, 1.807) is 6.20 Å². The van der Waals surface area contributed by atoms with E-state index in [-0.39, 0.29) is 6.04 Å². The van der Waals surface area contributed by atoms with Crippen LogP contribution in [-0.2, 0) is 6.54 Å². The number of aromatic amines is 1. The normalized spacial score (nSPS) is 19.6. The van der Waals surface area contributed by atoms with Gasteiger partial charge in [-0.3, -0.25) is 0 Å². The fourth-order valence-electron chi connectivity index (χ4n) is 2.22. The number of nitrogens with zero attached hydrogens (tertiary/aromatic N) is 5. The maximum atomic E-state index is 4.28. The molecule has 7 nitrogen and oxygen atoms in total. The molecule has 3 heterocycles. The molecule has 1 unspecified atom stereocenters. The number of hydrogen-bond donors (Lipinski definition) is 2. The second-order valence-electron chi connectivity index (χ2n) is 4.56. The smallest absolute Gasteiger partial charge is 0.186 e. The summed E-state index contributed by atoms with van der Waals surface area (Å²) >= 11 is 0. The lowest BCUT2D eigenvalue weighted by atomic mass is 10.0. The minimum absolute atomic E-state index is 0.261. The Hall–Kier alpha value is -1.76. The van der Waals surface area contributed by atoms with Gasteiger partial charge in [0, 0.05) is 13.1 Å². The van der Waals surface area contributed by atoms with Gasteiger partial charge in [-0.25, -0.2) is 0 Å².